The van der Waals surface area contributed by atoms with Crippen LogP contribution in [-0.4, -0.2) is 83.0 Å². The summed E-state index contributed by atoms with van der Waals surface area (Å²) in [5.74, 6) is -0.434. The molecule has 12 nitrogen and oxygen atoms in total. The first-order valence-corrected chi connectivity index (χ1v) is 22.3. The van der Waals surface area contributed by atoms with E-state index in [1.54, 1.807) is 15.6 Å². The van der Waals surface area contributed by atoms with E-state index in [0.717, 1.165) is 48.6 Å². The summed E-state index contributed by atoms with van der Waals surface area (Å²) in [5, 5.41) is 21.6. The molecule has 0 radical (unpaired) electrons. The second-order valence-corrected chi connectivity index (χ2v) is 20.1. The van der Waals surface area contributed by atoms with Gasteiger partial charge in [-0.2, -0.15) is 0 Å². The zero-order valence-electron chi connectivity index (χ0n) is 31.0. The highest BCUT2D eigenvalue weighted by atomic mass is 35.5. The zero-order valence-corrected chi connectivity index (χ0v) is 32.7. The molecule has 0 saturated carbocycles. The number of amides is 2. The van der Waals surface area contributed by atoms with E-state index in [1.165, 1.54) is 0 Å². The normalized spacial score (nSPS) is 25.1. The summed E-state index contributed by atoms with van der Waals surface area (Å²) in [5.41, 5.74) is 2.61. The number of piperidine rings is 1. The van der Waals surface area contributed by atoms with Crippen LogP contribution in [0, 0.1) is 5.92 Å². The van der Waals surface area contributed by atoms with Gasteiger partial charge in [-0.15, -0.1) is 5.10 Å². The van der Waals surface area contributed by atoms with Crippen LogP contribution < -0.4 is 20.0 Å². The Bertz CT molecular complexity index is 2040. The monoisotopic (exact) mass is 769 g/mol. The molecule has 3 N–H and O–H groups in total. The van der Waals surface area contributed by atoms with Crippen molar-refractivity contribution in [2.24, 2.45) is 5.92 Å². The summed E-state index contributed by atoms with van der Waals surface area (Å²) >= 11 is 6.64. The minimum Gasteiger partial charge on any atom is -0.432 e. The number of aliphatic hydroxyl groups excluding tert-OH is 1. The maximum atomic E-state index is 15.0. The number of aliphatic hydroxyl groups is 1. The van der Waals surface area contributed by atoms with Crippen molar-refractivity contribution in [3.05, 3.63) is 101 Å². The molecule has 2 amide bonds. The van der Waals surface area contributed by atoms with Crippen LogP contribution in [0.1, 0.15) is 43.0 Å². The third-order valence-corrected chi connectivity index (χ3v) is 14.8. The van der Waals surface area contributed by atoms with Crippen molar-refractivity contribution >= 4 is 48.8 Å². The lowest BCUT2D eigenvalue weighted by Crippen LogP contribution is -2.55. The Kier molecular flexibility index (Phi) is 9.68. The van der Waals surface area contributed by atoms with Crippen LogP contribution in [-0.2, 0) is 39.4 Å². The Hall–Kier alpha value is -4.11. The van der Waals surface area contributed by atoms with E-state index >= 15 is 4.79 Å². The van der Waals surface area contributed by atoms with Crippen LogP contribution in [0.15, 0.2) is 79.0 Å². The van der Waals surface area contributed by atoms with Gasteiger partial charge in [0.15, 0.2) is 13.9 Å². The molecule has 284 valence electrons. The average molecular weight is 770 g/mol. The summed E-state index contributed by atoms with van der Waals surface area (Å²) in [7, 11) is -2.88. The number of hydrogen-bond donors (Lipinski definition) is 3. The van der Waals surface area contributed by atoms with Gasteiger partial charge in [0.05, 0.1) is 30.7 Å². The highest BCUT2D eigenvalue weighted by Crippen LogP contribution is 2.60. The van der Waals surface area contributed by atoms with Gasteiger partial charge in [0.2, 0.25) is 0 Å². The molecule has 14 heteroatoms. The standard InChI is InChI=1S/C40H48ClN7O5Si/c1-27-36(54(2,3)52)35(14-20-45-25-30(15-21-49)43-44-45)53-40(27)33-23-29(41)12-13-34(33)46(38(40)51)24-28-8-7-11-32(22-28)47-26-48(31-9-5-4-6-10-31)39(37(47)50)16-18-42-19-17-39/h4-13,22-23,25,27,35-36,42,49,52H,14-21,24,26H2,1-3H3/t27-,35+,36-,40+/m0/s1. The van der Waals surface area contributed by atoms with Gasteiger partial charge in [-0.25, -0.2) is 0 Å². The molecule has 4 aliphatic heterocycles. The molecule has 8 rings (SSSR count). The number of halogens is 1. The molecule has 54 heavy (non-hydrogen) atoms. The third-order valence-electron chi connectivity index (χ3n) is 12.0. The fourth-order valence-electron chi connectivity index (χ4n) is 9.59. The van der Waals surface area contributed by atoms with Crippen molar-refractivity contribution in [2.75, 3.05) is 41.1 Å². The molecule has 5 heterocycles. The van der Waals surface area contributed by atoms with E-state index < -0.39 is 25.6 Å². The van der Waals surface area contributed by atoms with Crippen molar-refractivity contribution in [1.82, 2.24) is 20.3 Å². The second kappa shape index (κ2) is 14.2. The Balaban J connectivity index is 1.09. The Morgan fingerprint density at radius 3 is 2.50 bits per heavy atom. The number of benzene rings is 3. The maximum absolute atomic E-state index is 15.0. The number of ether oxygens (including phenoxy) is 1. The van der Waals surface area contributed by atoms with Crippen molar-refractivity contribution in [3.63, 3.8) is 0 Å². The Labute approximate surface area is 321 Å². The summed E-state index contributed by atoms with van der Waals surface area (Å²) < 4.78 is 8.72. The molecule has 0 unspecified atom stereocenters. The Morgan fingerprint density at radius 1 is 1.00 bits per heavy atom. The maximum Gasteiger partial charge on any atom is 0.264 e. The predicted octanol–water partition coefficient (Wildman–Crippen LogP) is 4.83. The number of carbonyl (C=O) groups excluding carboxylic acids is 2. The molecule has 4 atom stereocenters. The second-order valence-electron chi connectivity index (χ2n) is 15.7. The predicted molar refractivity (Wildman–Crippen MR) is 210 cm³/mol. The number of hydrogen-bond acceptors (Lipinski definition) is 9. The van der Waals surface area contributed by atoms with Crippen LogP contribution in [0.4, 0.5) is 17.1 Å². The van der Waals surface area contributed by atoms with E-state index in [4.69, 9.17) is 16.3 Å². The van der Waals surface area contributed by atoms with Crippen LogP contribution in [0.3, 0.4) is 0 Å². The third kappa shape index (κ3) is 6.15. The minimum atomic E-state index is -2.88. The van der Waals surface area contributed by atoms with Gasteiger partial charge in [0.25, 0.3) is 11.8 Å². The lowest BCUT2D eigenvalue weighted by molar-refractivity contribution is -0.146. The number of aromatic nitrogens is 3. The van der Waals surface area contributed by atoms with Gasteiger partial charge in [-0.1, -0.05) is 54.1 Å². The number of nitrogens with one attached hydrogen (secondary N) is 1. The number of rotatable bonds is 10. The quantitative estimate of drug-likeness (QED) is 0.194. The first kappa shape index (κ1) is 36.8. The number of anilines is 3. The fraction of sp³-hybridized carbons (Fsp3) is 0.450. The summed E-state index contributed by atoms with van der Waals surface area (Å²) in [6.45, 7) is 8.55. The Morgan fingerprint density at radius 2 is 1.76 bits per heavy atom. The highest BCUT2D eigenvalue weighted by molar-refractivity contribution is 6.71. The van der Waals surface area contributed by atoms with Crippen LogP contribution >= 0.6 is 11.6 Å². The molecule has 0 bridgehead atoms. The SMILES string of the molecule is C[C@H]1[C@H]([Si](C)(C)O)[C@@H](CCn2cc(CCO)nn2)O[C@]12C(=O)N(Cc1cccc(N3CN(c4ccccc4)C4(CCNCC4)C3=O)c1)c1ccc(Cl)cc12. The molecule has 3 aromatic carbocycles. The summed E-state index contributed by atoms with van der Waals surface area (Å²) in [6.07, 6.45) is 3.77. The molecule has 4 aliphatic rings. The average Bonchev–Trinajstić information content (AvgIpc) is 3.87. The lowest BCUT2D eigenvalue weighted by atomic mass is 9.82. The van der Waals surface area contributed by atoms with Crippen molar-refractivity contribution in [3.8, 4) is 0 Å². The van der Waals surface area contributed by atoms with Crippen LogP contribution in [0.5, 0.6) is 0 Å². The van der Waals surface area contributed by atoms with Gasteiger partial charge in [0.1, 0.15) is 5.54 Å². The largest absolute Gasteiger partial charge is 0.432 e. The molecule has 1 aromatic heterocycles. The number of carbonyl (C=O) groups is 2. The first-order chi connectivity index (χ1) is 26.0. The molecule has 4 aromatic rings. The summed E-state index contributed by atoms with van der Waals surface area (Å²) in [4.78, 5) is 47.1. The van der Waals surface area contributed by atoms with Crippen molar-refractivity contribution in [1.29, 1.82) is 0 Å². The number of aryl methyl sites for hydroxylation is 1. The summed E-state index contributed by atoms with van der Waals surface area (Å²) in [6, 6.07) is 23.6. The van der Waals surface area contributed by atoms with E-state index in [2.05, 4.69) is 32.7 Å². The van der Waals surface area contributed by atoms with Gasteiger partial charge >= 0.3 is 0 Å². The molecule has 2 spiro atoms. The molecule has 3 saturated heterocycles. The molecular weight excluding hydrogens is 722 g/mol. The fourth-order valence-corrected chi connectivity index (χ4v) is 12.4. The van der Waals surface area contributed by atoms with Gasteiger partial charge in [-0.05, 0) is 93.5 Å². The smallest absolute Gasteiger partial charge is 0.264 e. The number of nitrogens with zero attached hydrogens (tertiary/aromatic N) is 6. The van der Waals surface area contributed by atoms with E-state index in [-0.39, 0.29) is 36.4 Å². The van der Waals surface area contributed by atoms with E-state index in [1.807, 2.05) is 85.7 Å². The number of fused-ring (bicyclic) bond motifs is 2. The number of para-hydroxylation sites is 1. The van der Waals surface area contributed by atoms with Crippen molar-refractivity contribution < 1.29 is 24.2 Å². The van der Waals surface area contributed by atoms with E-state index in [0.29, 0.717) is 42.3 Å². The van der Waals surface area contributed by atoms with E-state index in [9.17, 15) is 14.7 Å². The zero-order chi connectivity index (χ0) is 37.8. The van der Waals surface area contributed by atoms with Gasteiger partial charge in [-0.3, -0.25) is 19.2 Å². The topological polar surface area (TPSA) is 136 Å². The van der Waals surface area contributed by atoms with Crippen LogP contribution in [0.2, 0.25) is 23.7 Å². The van der Waals surface area contributed by atoms with Gasteiger partial charge in [0, 0.05) is 59.2 Å². The molecular formula is C40H48ClN7O5Si. The minimum absolute atomic E-state index is 0.0103. The van der Waals surface area contributed by atoms with Crippen LogP contribution in [0.25, 0.3) is 0 Å². The first-order valence-electron chi connectivity index (χ1n) is 18.9. The molecule has 0 aliphatic carbocycles. The van der Waals surface area contributed by atoms with Crippen molar-refractivity contribution in [2.45, 2.75) is 81.6 Å². The van der Waals surface area contributed by atoms with Gasteiger partial charge < -0.3 is 29.8 Å². The lowest BCUT2D eigenvalue weighted by Gasteiger charge is -2.39. The highest BCUT2D eigenvalue weighted by Gasteiger charge is 2.66. The molecule has 3 fully saturated rings.